The zero-order valence-electron chi connectivity index (χ0n) is 17.2. The number of carbonyl (C=O) groups excluding carboxylic acids is 1. The summed E-state index contributed by atoms with van der Waals surface area (Å²) in [5, 5.41) is 4.88. The quantitative estimate of drug-likeness (QED) is 0.425. The lowest BCUT2D eigenvalue weighted by atomic mass is 10.0. The van der Waals surface area contributed by atoms with Gasteiger partial charge < -0.3 is 14.6 Å². The number of rotatable bonds is 8. The maximum absolute atomic E-state index is 12.3. The first-order valence-electron chi connectivity index (χ1n) is 10.1. The molecule has 30 heavy (non-hydrogen) atoms. The van der Waals surface area contributed by atoms with Gasteiger partial charge in [0.05, 0.1) is 29.0 Å². The van der Waals surface area contributed by atoms with Gasteiger partial charge in [-0.05, 0) is 41.1 Å². The minimum absolute atomic E-state index is 0.0780. The number of para-hydroxylation sites is 3. The lowest BCUT2D eigenvalue weighted by molar-refractivity contribution is 0.0953. The fourth-order valence-electron chi connectivity index (χ4n) is 3.50. The number of nitrogens with zero attached hydrogens (tertiary/aromatic N) is 2. The fourth-order valence-corrected chi connectivity index (χ4v) is 4.14. The van der Waals surface area contributed by atoms with Gasteiger partial charge in [0.2, 0.25) is 0 Å². The molecule has 5 nitrogen and oxygen atoms in total. The summed E-state index contributed by atoms with van der Waals surface area (Å²) in [6, 6.07) is 19.9. The molecule has 0 radical (unpaired) electrons. The predicted molar refractivity (Wildman–Crippen MR) is 121 cm³/mol. The van der Waals surface area contributed by atoms with Crippen molar-refractivity contribution in [1.29, 1.82) is 0 Å². The largest absolute Gasteiger partial charge is 0.491 e. The number of benzene rings is 2. The first-order chi connectivity index (χ1) is 14.6. The van der Waals surface area contributed by atoms with Gasteiger partial charge >= 0.3 is 0 Å². The van der Waals surface area contributed by atoms with E-state index in [9.17, 15) is 4.79 Å². The number of thiophene rings is 1. The van der Waals surface area contributed by atoms with Crippen LogP contribution in [0.5, 0.6) is 5.75 Å². The van der Waals surface area contributed by atoms with E-state index in [0.29, 0.717) is 30.5 Å². The molecule has 0 bridgehead atoms. The van der Waals surface area contributed by atoms with Gasteiger partial charge in [0.25, 0.3) is 5.91 Å². The van der Waals surface area contributed by atoms with Gasteiger partial charge in [-0.3, -0.25) is 4.79 Å². The molecular formula is C24H25N3O2S. The normalized spacial score (nSPS) is 11.2. The highest BCUT2D eigenvalue weighted by Crippen LogP contribution is 2.26. The molecule has 0 aliphatic rings. The van der Waals surface area contributed by atoms with Gasteiger partial charge in [-0.25, -0.2) is 4.98 Å². The Morgan fingerprint density at radius 2 is 1.90 bits per heavy atom. The highest BCUT2D eigenvalue weighted by Gasteiger charge is 2.13. The maximum Gasteiger partial charge on any atom is 0.261 e. The monoisotopic (exact) mass is 419 g/mol. The lowest BCUT2D eigenvalue weighted by Gasteiger charge is -2.15. The van der Waals surface area contributed by atoms with Gasteiger partial charge in [0.15, 0.2) is 0 Å². The second kappa shape index (κ2) is 9.13. The summed E-state index contributed by atoms with van der Waals surface area (Å²) in [5.74, 6) is 2.07. The van der Waals surface area contributed by atoms with Gasteiger partial charge in [-0.1, -0.05) is 50.2 Å². The highest BCUT2D eigenvalue weighted by molar-refractivity contribution is 7.12. The van der Waals surface area contributed by atoms with Crippen molar-refractivity contribution in [3.63, 3.8) is 0 Å². The number of amides is 1. The zero-order chi connectivity index (χ0) is 20.9. The molecule has 154 valence electrons. The summed E-state index contributed by atoms with van der Waals surface area (Å²) in [6.45, 7) is 5.88. The second-order valence-corrected chi connectivity index (χ2v) is 8.32. The maximum atomic E-state index is 12.3. The smallest absolute Gasteiger partial charge is 0.261 e. The summed E-state index contributed by atoms with van der Waals surface area (Å²) in [7, 11) is 0. The molecule has 0 saturated heterocycles. The summed E-state index contributed by atoms with van der Waals surface area (Å²) >= 11 is 1.43. The summed E-state index contributed by atoms with van der Waals surface area (Å²) in [6.07, 6.45) is 0. The van der Waals surface area contributed by atoms with E-state index in [1.165, 1.54) is 16.9 Å². The van der Waals surface area contributed by atoms with Crippen molar-refractivity contribution in [2.24, 2.45) is 0 Å². The molecule has 4 aromatic rings. The van der Waals surface area contributed by atoms with E-state index < -0.39 is 0 Å². The van der Waals surface area contributed by atoms with Crippen LogP contribution in [-0.2, 0) is 13.1 Å². The molecule has 2 aromatic heterocycles. The first-order valence-corrected chi connectivity index (χ1v) is 11.0. The van der Waals surface area contributed by atoms with E-state index in [1.54, 1.807) is 0 Å². The molecule has 0 atom stereocenters. The Hall–Kier alpha value is -3.12. The van der Waals surface area contributed by atoms with Gasteiger partial charge in [0.1, 0.15) is 18.2 Å². The van der Waals surface area contributed by atoms with Crippen molar-refractivity contribution in [3.05, 3.63) is 82.3 Å². The Balaban J connectivity index is 1.50. The molecule has 4 rings (SSSR count). The minimum Gasteiger partial charge on any atom is -0.491 e. The van der Waals surface area contributed by atoms with Crippen molar-refractivity contribution in [3.8, 4) is 5.75 Å². The van der Waals surface area contributed by atoms with E-state index in [-0.39, 0.29) is 5.91 Å². The number of aromatic nitrogens is 2. The Labute approximate surface area is 180 Å². The van der Waals surface area contributed by atoms with Crippen molar-refractivity contribution >= 4 is 28.3 Å². The van der Waals surface area contributed by atoms with Gasteiger partial charge in [-0.15, -0.1) is 11.3 Å². The average Bonchev–Trinajstić information content (AvgIpc) is 3.41. The standard InChI is InChI=1S/C24H25N3O2S/c1-17(2)18-8-3-6-11-21(18)29-14-13-27-20-10-5-4-9-19(20)26-23(27)16-25-24(28)22-12-7-15-30-22/h3-12,15,17H,13-14,16H2,1-2H3,(H,25,28). The molecule has 1 amide bonds. The molecular weight excluding hydrogens is 394 g/mol. The molecule has 0 saturated carbocycles. The van der Waals surface area contributed by atoms with Crippen LogP contribution in [0.2, 0.25) is 0 Å². The lowest BCUT2D eigenvalue weighted by Crippen LogP contribution is -2.24. The number of carbonyl (C=O) groups is 1. The summed E-state index contributed by atoms with van der Waals surface area (Å²) < 4.78 is 8.25. The van der Waals surface area contributed by atoms with Crippen LogP contribution in [0, 0.1) is 0 Å². The molecule has 2 aromatic carbocycles. The Morgan fingerprint density at radius 3 is 2.70 bits per heavy atom. The molecule has 0 unspecified atom stereocenters. The van der Waals surface area contributed by atoms with Crippen LogP contribution in [-0.4, -0.2) is 22.1 Å². The number of hydrogen-bond acceptors (Lipinski definition) is 4. The fraction of sp³-hybridized carbons (Fsp3) is 0.250. The van der Waals surface area contributed by atoms with Crippen LogP contribution in [0.25, 0.3) is 11.0 Å². The van der Waals surface area contributed by atoms with Crippen LogP contribution >= 0.6 is 11.3 Å². The molecule has 6 heteroatoms. The van der Waals surface area contributed by atoms with Crippen LogP contribution < -0.4 is 10.1 Å². The third-order valence-electron chi connectivity index (χ3n) is 5.00. The molecule has 2 heterocycles. The van der Waals surface area contributed by atoms with Crippen molar-refractivity contribution in [2.45, 2.75) is 32.9 Å². The number of ether oxygens (including phenoxy) is 1. The second-order valence-electron chi connectivity index (χ2n) is 7.37. The predicted octanol–water partition coefficient (Wildman–Crippen LogP) is 5.23. The van der Waals surface area contributed by atoms with Gasteiger partial charge in [0, 0.05) is 0 Å². The van der Waals surface area contributed by atoms with Crippen LogP contribution in [0.15, 0.2) is 66.0 Å². The zero-order valence-corrected chi connectivity index (χ0v) is 18.0. The molecule has 0 aliphatic heterocycles. The molecule has 0 spiro atoms. The molecule has 1 N–H and O–H groups in total. The SMILES string of the molecule is CC(C)c1ccccc1OCCn1c(CNC(=O)c2cccs2)nc2ccccc21. The topological polar surface area (TPSA) is 56.1 Å². The van der Waals surface area contributed by atoms with Crippen molar-refractivity contribution in [1.82, 2.24) is 14.9 Å². The van der Waals surface area contributed by atoms with Crippen molar-refractivity contribution in [2.75, 3.05) is 6.61 Å². The highest BCUT2D eigenvalue weighted by atomic mass is 32.1. The number of imidazole rings is 1. The van der Waals surface area contributed by atoms with E-state index in [2.05, 4.69) is 35.9 Å². The van der Waals surface area contributed by atoms with E-state index in [1.807, 2.05) is 53.9 Å². The minimum atomic E-state index is -0.0780. The summed E-state index contributed by atoms with van der Waals surface area (Å²) in [5.41, 5.74) is 3.16. The molecule has 0 aliphatic carbocycles. The van der Waals surface area contributed by atoms with E-state index in [0.717, 1.165) is 22.6 Å². The average molecular weight is 420 g/mol. The number of hydrogen-bond donors (Lipinski definition) is 1. The Kier molecular flexibility index (Phi) is 6.14. The number of nitrogens with one attached hydrogen (secondary N) is 1. The summed E-state index contributed by atoms with van der Waals surface area (Å²) in [4.78, 5) is 17.8. The van der Waals surface area contributed by atoms with Crippen molar-refractivity contribution < 1.29 is 9.53 Å². The van der Waals surface area contributed by atoms with Crippen LogP contribution in [0.1, 0.15) is 40.8 Å². The van der Waals surface area contributed by atoms with Gasteiger partial charge in [-0.2, -0.15) is 0 Å². The third-order valence-corrected chi connectivity index (χ3v) is 5.87. The third kappa shape index (κ3) is 4.39. The van der Waals surface area contributed by atoms with E-state index >= 15 is 0 Å². The van der Waals surface area contributed by atoms with Crippen LogP contribution in [0.3, 0.4) is 0 Å². The number of fused-ring (bicyclic) bond motifs is 1. The van der Waals surface area contributed by atoms with Crippen LogP contribution in [0.4, 0.5) is 0 Å². The molecule has 0 fully saturated rings. The Morgan fingerprint density at radius 1 is 1.10 bits per heavy atom. The Bertz CT molecular complexity index is 1130. The first kappa shape index (κ1) is 20.2. The van der Waals surface area contributed by atoms with E-state index in [4.69, 9.17) is 9.72 Å².